The van der Waals surface area contributed by atoms with Crippen molar-refractivity contribution in [2.75, 3.05) is 0 Å². The average Bonchev–Trinajstić information content (AvgIpc) is 2.25. The molecular formula is C8H10O3. The second-order valence-corrected chi connectivity index (χ2v) is 3.48. The van der Waals surface area contributed by atoms with E-state index in [2.05, 4.69) is 0 Å². The summed E-state index contributed by atoms with van der Waals surface area (Å²) in [4.78, 5) is 21.5. The maximum Gasteiger partial charge on any atom is 0.307 e. The zero-order chi connectivity index (χ0) is 8.01. The minimum atomic E-state index is -0.787. The van der Waals surface area contributed by atoms with E-state index >= 15 is 0 Å². The SMILES string of the molecule is O=C1C[C@H]2CC[C@H](C(=O)O)[C@@H]12. The van der Waals surface area contributed by atoms with Gasteiger partial charge in [-0.3, -0.25) is 9.59 Å². The van der Waals surface area contributed by atoms with Crippen LogP contribution in [0.25, 0.3) is 0 Å². The summed E-state index contributed by atoms with van der Waals surface area (Å²) in [6.07, 6.45) is 2.28. The minimum absolute atomic E-state index is 0.118. The zero-order valence-corrected chi connectivity index (χ0v) is 6.12. The van der Waals surface area contributed by atoms with E-state index in [0.717, 1.165) is 6.42 Å². The number of hydrogen-bond acceptors (Lipinski definition) is 2. The van der Waals surface area contributed by atoms with Crippen LogP contribution in [0.1, 0.15) is 19.3 Å². The zero-order valence-electron chi connectivity index (χ0n) is 6.12. The fourth-order valence-corrected chi connectivity index (χ4v) is 2.31. The van der Waals surface area contributed by atoms with Gasteiger partial charge in [0.25, 0.3) is 0 Å². The maximum atomic E-state index is 11.0. The van der Waals surface area contributed by atoms with Gasteiger partial charge >= 0.3 is 5.97 Å². The lowest BCUT2D eigenvalue weighted by Crippen LogP contribution is -2.39. The Kier molecular flexibility index (Phi) is 1.28. The van der Waals surface area contributed by atoms with Gasteiger partial charge in [0.15, 0.2) is 0 Å². The van der Waals surface area contributed by atoms with Gasteiger partial charge in [-0.15, -0.1) is 0 Å². The van der Waals surface area contributed by atoms with Gasteiger partial charge in [0.1, 0.15) is 5.78 Å². The van der Waals surface area contributed by atoms with E-state index in [1.165, 1.54) is 0 Å². The van der Waals surface area contributed by atoms with Crippen LogP contribution in [-0.2, 0) is 9.59 Å². The molecule has 11 heavy (non-hydrogen) atoms. The molecule has 0 radical (unpaired) electrons. The lowest BCUT2D eigenvalue weighted by atomic mass is 9.71. The van der Waals surface area contributed by atoms with Gasteiger partial charge in [-0.1, -0.05) is 0 Å². The molecule has 2 saturated carbocycles. The highest BCUT2D eigenvalue weighted by atomic mass is 16.4. The molecule has 3 heteroatoms. The normalized spacial score (nSPS) is 41.5. The first-order chi connectivity index (χ1) is 5.20. The van der Waals surface area contributed by atoms with Crippen molar-refractivity contribution in [2.24, 2.45) is 17.8 Å². The molecule has 60 valence electrons. The van der Waals surface area contributed by atoms with Crippen LogP contribution in [0.3, 0.4) is 0 Å². The van der Waals surface area contributed by atoms with Crippen LogP contribution >= 0.6 is 0 Å². The summed E-state index contributed by atoms with van der Waals surface area (Å²) in [5.41, 5.74) is 0. The lowest BCUT2D eigenvalue weighted by Gasteiger charge is -2.30. The lowest BCUT2D eigenvalue weighted by molar-refractivity contribution is -0.149. The molecule has 0 unspecified atom stereocenters. The molecule has 0 aromatic heterocycles. The number of fused-ring (bicyclic) bond motifs is 1. The monoisotopic (exact) mass is 154 g/mol. The molecule has 0 heterocycles. The fourth-order valence-electron chi connectivity index (χ4n) is 2.31. The number of carbonyl (C=O) groups is 2. The summed E-state index contributed by atoms with van der Waals surface area (Å²) >= 11 is 0. The van der Waals surface area contributed by atoms with Crippen LogP contribution in [-0.4, -0.2) is 16.9 Å². The summed E-state index contributed by atoms with van der Waals surface area (Å²) in [6, 6.07) is 0. The number of ketones is 1. The molecule has 2 aliphatic carbocycles. The molecule has 0 saturated heterocycles. The molecule has 0 bridgehead atoms. The van der Waals surface area contributed by atoms with Crippen LogP contribution in [0.5, 0.6) is 0 Å². The number of aliphatic carboxylic acids is 1. The van der Waals surface area contributed by atoms with E-state index in [1.54, 1.807) is 0 Å². The van der Waals surface area contributed by atoms with Crippen molar-refractivity contribution in [1.29, 1.82) is 0 Å². The molecule has 0 amide bonds. The van der Waals surface area contributed by atoms with Gasteiger partial charge in [-0.05, 0) is 18.8 Å². The smallest absolute Gasteiger partial charge is 0.307 e. The maximum absolute atomic E-state index is 11.0. The Labute approximate surface area is 64.4 Å². The Hall–Kier alpha value is -0.860. The van der Waals surface area contributed by atoms with Gasteiger partial charge in [0.05, 0.1) is 5.92 Å². The molecule has 2 aliphatic rings. The Morgan fingerprint density at radius 3 is 2.64 bits per heavy atom. The summed E-state index contributed by atoms with van der Waals surface area (Å²) in [5, 5.41) is 8.70. The first kappa shape index (κ1) is 6.83. The third-order valence-electron chi connectivity index (χ3n) is 2.94. The first-order valence-electron chi connectivity index (χ1n) is 3.95. The van der Waals surface area contributed by atoms with E-state index in [0.29, 0.717) is 18.8 Å². The van der Waals surface area contributed by atoms with Gasteiger partial charge in [-0.2, -0.15) is 0 Å². The minimum Gasteiger partial charge on any atom is -0.481 e. The second kappa shape index (κ2) is 2.06. The van der Waals surface area contributed by atoms with Crippen molar-refractivity contribution in [3.63, 3.8) is 0 Å². The third-order valence-corrected chi connectivity index (χ3v) is 2.94. The Bertz CT molecular complexity index is 213. The highest BCUT2D eigenvalue weighted by Crippen LogP contribution is 2.47. The highest BCUT2D eigenvalue weighted by molar-refractivity contribution is 5.92. The molecule has 0 aliphatic heterocycles. The summed E-state index contributed by atoms with van der Waals surface area (Å²) < 4.78 is 0. The van der Waals surface area contributed by atoms with Crippen molar-refractivity contribution in [3.8, 4) is 0 Å². The van der Waals surface area contributed by atoms with E-state index < -0.39 is 5.97 Å². The number of Topliss-reactive ketones (excluding diaryl/α,β-unsaturated/α-hetero) is 1. The first-order valence-corrected chi connectivity index (χ1v) is 3.95. The largest absolute Gasteiger partial charge is 0.481 e. The predicted molar refractivity (Wildman–Crippen MR) is 37.0 cm³/mol. The highest BCUT2D eigenvalue weighted by Gasteiger charge is 2.51. The Morgan fingerprint density at radius 2 is 2.18 bits per heavy atom. The van der Waals surface area contributed by atoms with Crippen molar-refractivity contribution < 1.29 is 14.7 Å². The van der Waals surface area contributed by atoms with E-state index in [9.17, 15) is 9.59 Å². The van der Waals surface area contributed by atoms with Crippen molar-refractivity contribution in [3.05, 3.63) is 0 Å². The molecule has 1 N–H and O–H groups in total. The summed E-state index contributed by atoms with van der Waals surface area (Å²) in [6.45, 7) is 0. The van der Waals surface area contributed by atoms with Gasteiger partial charge in [0.2, 0.25) is 0 Å². The van der Waals surface area contributed by atoms with Crippen LogP contribution in [0.15, 0.2) is 0 Å². The molecular weight excluding hydrogens is 144 g/mol. The van der Waals surface area contributed by atoms with Crippen LogP contribution in [0, 0.1) is 17.8 Å². The number of rotatable bonds is 1. The van der Waals surface area contributed by atoms with Crippen molar-refractivity contribution in [2.45, 2.75) is 19.3 Å². The molecule has 3 atom stereocenters. The molecule has 0 spiro atoms. The molecule has 0 aromatic rings. The average molecular weight is 154 g/mol. The summed E-state index contributed by atoms with van der Waals surface area (Å²) in [7, 11) is 0. The van der Waals surface area contributed by atoms with Crippen LogP contribution < -0.4 is 0 Å². The topological polar surface area (TPSA) is 54.4 Å². The van der Waals surface area contributed by atoms with Gasteiger partial charge in [0, 0.05) is 12.3 Å². The quantitative estimate of drug-likeness (QED) is 0.604. The second-order valence-electron chi connectivity index (χ2n) is 3.48. The summed E-state index contributed by atoms with van der Waals surface area (Å²) in [5.74, 6) is -0.692. The van der Waals surface area contributed by atoms with Crippen LogP contribution in [0.2, 0.25) is 0 Å². The van der Waals surface area contributed by atoms with E-state index in [1.807, 2.05) is 0 Å². The van der Waals surface area contributed by atoms with E-state index in [-0.39, 0.29) is 17.6 Å². The molecule has 2 rings (SSSR count). The molecule has 0 aromatic carbocycles. The molecule has 3 nitrogen and oxygen atoms in total. The third kappa shape index (κ3) is 0.800. The van der Waals surface area contributed by atoms with Crippen LogP contribution in [0.4, 0.5) is 0 Å². The van der Waals surface area contributed by atoms with Gasteiger partial charge in [-0.25, -0.2) is 0 Å². The predicted octanol–water partition coefficient (Wildman–Crippen LogP) is 0.686. The van der Waals surface area contributed by atoms with Crippen molar-refractivity contribution >= 4 is 11.8 Å². The molecule has 2 fully saturated rings. The Morgan fingerprint density at radius 1 is 1.45 bits per heavy atom. The number of hydrogen-bond donors (Lipinski definition) is 1. The Balaban J connectivity index is 2.14. The van der Waals surface area contributed by atoms with E-state index in [4.69, 9.17) is 5.11 Å². The van der Waals surface area contributed by atoms with Crippen molar-refractivity contribution in [1.82, 2.24) is 0 Å². The fraction of sp³-hybridized carbons (Fsp3) is 0.750. The number of carboxylic acids is 1. The number of carboxylic acid groups (broad SMARTS) is 1. The van der Waals surface area contributed by atoms with Gasteiger partial charge < -0.3 is 5.11 Å². The number of carbonyl (C=O) groups excluding carboxylic acids is 1. The standard InChI is InChI=1S/C8H10O3/c9-6-3-4-1-2-5(7(4)6)8(10)11/h4-5,7H,1-3H2,(H,10,11)/t4-,5+,7+/m1/s1.